The third-order valence-corrected chi connectivity index (χ3v) is 2.72. The molecule has 2 amide bonds. The van der Waals surface area contributed by atoms with Crippen LogP contribution < -0.4 is 5.32 Å². The molecule has 0 aromatic carbocycles. The van der Waals surface area contributed by atoms with E-state index in [4.69, 9.17) is 10.2 Å². The summed E-state index contributed by atoms with van der Waals surface area (Å²) >= 11 is 0. The van der Waals surface area contributed by atoms with Gasteiger partial charge in [0, 0.05) is 13.1 Å². The molecule has 0 radical (unpaired) electrons. The Balaban J connectivity index is 2.42. The Morgan fingerprint density at radius 2 is 2.13 bits per heavy atom. The van der Waals surface area contributed by atoms with Gasteiger partial charge < -0.3 is 20.4 Å². The highest BCUT2D eigenvalue weighted by Crippen LogP contribution is 2.23. The van der Waals surface area contributed by atoms with Crippen molar-refractivity contribution in [2.45, 2.75) is 31.3 Å². The van der Waals surface area contributed by atoms with Crippen LogP contribution in [0.15, 0.2) is 0 Å². The molecule has 0 unspecified atom stereocenters. The molecule has 1 fully saturated rings. The number of hydrogen-bond acceptors (Lipinski definition) is 3. The summed E-state index contributed by atoms with van der Waals surface area (Å²) < 4.78 is 0. The van der Waals surface area contributed by atoms with Crippen LogP contribution in [0, 0.1) is 0 Å². The summed E-state index contributed by atoms with van der Waals surface area (Å²) in [4.78, 5) is 23.5. The predicted octanol–water partition coefficient (Wildman–Crippen LogP) is -0.374. The van der Waals surface area contributed by atoms with Crippen molar-refractivity contribution in [2.24, 2.45) is 0 Å². The molecule has 1 atom stereocenters. The number of amides is 2. The van der Waals surface area contributed by atoms with Gasteiger partial charge in [0.25, 0.3) is 0 Å². The van der Waals surface area contributed by atoms with Crippen molar-refractivity contribution in [3.05, 3.63) is 0 Å². The van der Waals surface area contributed by atoms with Crippen molar-refractivity contribution in [2.75, 3.05) is 13.7 Å². The Kier molecular flexibility index (Phi) is 3.90. The van der Waals surface area contributed by atoms with Gasteiger partial charge in [-0.2, -0.15) is 0 Å². The fourth-order valence-electron chi connectivity index (χ4n) is 1.38. The van der Waals surface area contributed by atoms with Crippen LogP contribution in [-0.4, -0.2) is 52.9 Å². The van der Waals surface area contributed by atoms with Gasteiger partial charge in [0.2, 0.25) is 0 Å². The van der Waals surface area contributed by atoms with Crippen LogP contribution >= 0.6 is 0 Å². The molecule has 0 spiro atoms. The first-order valence-corrected chi connectivity index (χ1v) is 4.93. The summed E-state index contributed by atoms with van der Waals surface area (Å²) in [5.41, 5.74) is 0. The van der Waals surface area contributed by atoms with Crippen LogP contribution in [0.1, 0.15) is 19.3 Å². The van der Waals surface area contributed by atoms with Crippen LogP contribution in [0.5, 0.6) is 0 Å². The maximum atomic E-state index is 11.5. The van der Waals surface area contributed by atoms with E-state index in [1.165, 1.54) is 4.90 Å². The molecular formula is C9H16N2O4. The second-order valence-electron chi connectivity index (χ2n) is 3.72. The zero-order chi connectivity index (χ0) is 11.4. The molecule has 1 saturated carbocycles. The predicted molar refractivity (Wildman–Crippen MR) is 52.4 cm³/mol. The second kappa shape index (κ2) is 4.97. The number of carboxylic acid groups (broad SMARTS) is 1. The van der Waals surface area contributed by atoms with E-state index in [2.05, 4.69) is 5.32 Å². The van der Waals surface area contributed by atoms with Crippen molar-refractivity contribution in [3.8, 4) is 0 Å². The Hall–Kier alpha value is -1.30. The van der Waals surface area contributed by atoms with E-state index < -0.39 is 24.6 Å². The minimum absolute atomic E-state index is 0.207. The average molecular weight is 216 g/mol. The van der Waals surface area contributed by atoms with Crippen LogP contribution in [-0.2, 0) is 4.79 Å². The van der Waals surface area contributed by atoms with Crippen LogP contribution in [0.25, 0.3) is 0 Å². The number of carbonyl (C=O) groups excluding carboxylic acids is 1. The van der Waals surface area contributed by atoms with E-state index in [0.29, 0.717) is 0 Å². The van der Waals surface area contributed by atoms with Gasteiger partial charge >= 0.3 is 12.0 Å². The average Bonchev–Trinajstić information content (AvgIpc) is 2.10. The zero-order valence-electron chi connectivity index (χ0n) is 8.64. The monoisotopic (exact) mass is 216 g/mol. The molecule has 1 aliphatic carbocycles. The lowest BCUT2D eigenvalue weighted by atomic mass is 9.92. The number of aliphatic carboxylic acids is 1. The quantitative estimate of drug-likeness (QED) is 0.598. The van der Waals surface area contributed by atoms with Crippen molar-refractivity contribution < 1.29 is 19.8 Å². The molecule has 0 aliphatic heterocycles. The number of urea groups is 1. The molecule has 86 valence electrons. The van der Waals surface area contributed by atoms with E-state index in [1.54, 1.807) is 7.05 Å². The molecule has 6 heteroatoms. The molecule has 0 bridgehead atoms. The van der Waals surface area contributed by atoms with Gasteiger partial charge in [0.05, 0.1) is 6.61 Å². The van der Waals surface area contributed by atoms with Gasteiger partial charge in [-0.3, -0.25) is 0 Å². The number of rotatable bonds is 4. The fraction of sp³-hybridized carbons (Fsp3) is 0.778. The molecule has 0 saturated heterocycles. The highest BCUT2D eigenvalue weighted by Gasteiger charge is 2.28. The van der Waals surface area contributed by atoms with Crippen LogP contribution in [0.2, 0.25) is 0 Å². The van der Waals surface area contributed by atoms with E-state index >= 15 is 0 Å². The number of carboxylic acids is 1. The summed E-state index contributed by atoms with van der Waals surface area (Å²) in [5.74, 6) is -1.23. The number of nitrogens with zero attached hydrogens (tertiary/aromatic N) is 1. The van der Waals surface area contributed by atoms with Crippen molar-refractivity contribution >= 4 is 12.0 Å². The summed E-state index contributed by atoms with van der Waals surface area (Å²) in [6.07, 6.45) is 3.02. The Morgan fingerprint density at radius 1 is 1.53 bits per heavy atom. The Labute approximate surface area is 87.9 Å². The Morgan fingerprint density at radius 3 is 2.47 bits per heavy atom. The second-order valence-corrected chi connectivity index (χ2v) is 3.72. The summed E-state index contributed by atoms with van der Waals surface area (Å²) in [7, 11) is 1.63. The van der Waals surface area contributed by atoms with Crippen LogP contribution in [0.4, 0.5) is 4.79 Å². The topological polar surface area (TPSA) is 89.9 Å². The first-order chi connectivity index (χ1) is 7.06. The highest BCUT2D eigenvalue weighted by atomic mass is 16.4. The molecule has 0 heterocycles. The smallest absolute Gasteiger partial charge is 0.328 e. The summed E-state index contributed by atoms with van der Waals surface area (Å²) in [6.45, 7) is -0.598. The van der Waals surface area contributed by atoms with Gasteiger partial charge in [-0.15, -0.1) is 0 Å². The number of aliphatic hydroxyl groups is 1. The van der Waals surface area contributed by atoms with Gasteiger partial charge in [-0.25, -0.2) is 9.59 Å². The first kappa shape index (κ1) is 11.8. The lowest BCUT2D eigenvalue weighted by Gasteiger charge is -2.35. The van der Waals surface area contributed by atoms with Crippen molar-refractivity contribution in [3.63, 3.8) is 0 Å². The molecule has 1 rings (SSSR count). The van der Waals surface area contributed by atoms with Crippen molar-refractivity contribution in [1.82, 2.24) is 10.2 Å². The van der Waals surface area contributed by atoms with Gasteiger partial charge in [-0.1, -0.05) is 0 Å². The van der Waals surface area contributed by atoms with E-state index in [9.17, 15) is 9.59 Å². The minimum Gasteiger partial charge on any atom is -0.480 e. The Bertz CT molecular complexity index is 252. The first-order valence-electron chi connectivity index (χ1n) is 4.93. The SMILES string of the molecule is CN(C(=O)N[C@H](CO)C(=O)O)C1CCC1. The standard InChI is InChI=1S/C9H16N2O4/c1-11(6-3-2-4-6)9(15)10-7(5-12)8(13)14/h6-7,12H,2-5H2,1H3,(H,10,15)(H,13,14)/t7-/m1/s1. The maximum absolute atomic E-state index is 11.5. The van der Waals surface area contributed by atoms with Gasteiger partial charge in [-0.05, 0) is 19.3 Å². The normalized spacial score (nSPS) is 17.7. The van der Waals surface area contributed by atoms with E-state index in [1.807, 2.05) is 0 Å². The number of carbonyl (C=O) groups is 2. The highest BCUT2D eigenvalue weighted by molar-refractivity contribution is 5.82. The lowest BCUT2D eigenvalue weighted by molar-refractivity contribution is -0.140. The van der Waals surface area contributed by atoms with Crippen molar-refractivity contribution in [1.29, 1.82) is 0 Å². The minimum atomic E-state index is -1.23. The van der Waals surface area contributed by atoms with E-state index in [-0.39, 0.29) is 6.04 Å². The van der Waals surface area contributed by atoms with Gasteiger partial charge in [0.1, 0.15) is 0 Å². The molecule has 1 aliphatic rings. The third kappa shape index (κ3) is 2.82. The third-order valence-electron chi connectivity index (χ3n) is 2.72. The molecule has 15 heavy (non-hydrogen) atoms. The number of aliphatic hydroxyl groups excluding tert-OH is 1. The molecule has 6 nitrogen and oxygen atoms in total. The fourth-order valence-corrected chi connectivity index (χ4v) is 1.38. The van der Waals surface area contributed by atoms with E-state index in [0.717, 1.165) is 19.3 Å². The van der Waals surface area contributed by atoms with Crippen LogP contribution in [0.3, 0.4) is 0 Å². The summed E-state index contributed by atoms with van der Waals surface area (Å²) in [6, 6.07) is -1.46. The largest absolute Gasteiger partial charge is 0.480 e. The molecular weight excluding hydrogens is 200 g/mol. The molecule has 0 aromatic rings. The van der Waals surface area contributed by atoms with Gasteiger partial charge in [0.15, 0.2) is 6.04 Å². The number of hydrogen-bond donors (Lipinski definition) is 3. The molecule has 3 N–H and O–H groups in total. The number of nitrogens with one attached hydrogen (secondary N) is 1. The lowest BCUT2D eigenvalue weighted by Crippen LogP contribution is -2.52. The zero-order valence-corrected chi connectivity index (χ0v) is 8.64. The summed E-state index contributed by atoms with van der Waals surface area (Å²) in [5, 5.41) is 19.6. The molecule has 0 aromatic heterocycles. The maximum Gasteiger partial charge on any atom is 0.328 e.